The molecule has 1 rings (SSSR count). The van der Waals surface area contributed by atoms with Gasteiger partial charge in [-0.15, -0.1) is 0 Å². The minimum absolute atomic E-state index is 0.0585. The molecule has 0 aliphatic carbocycles. The first-order chi connectivity index (χ1) is 6.93. The fourth-order valence-electron chi connectivity index (χ4n) is 1.42. The molecular weight excluding hydrogens is 242 g/mol. The Morgan fingerprint density at radius 3 is 2.80 bits per heavy atom. The Balaban J connectivity index is 2.40. The summed E-state index contributed by atoms with van der Waals surface area (Å²) in [5, 5.41) is 0. The quantitative estimate of drug-likeness (QED) is 0.476. The number of nitrogens with zero attached hydrogens (tertiary/aromatic N) is 1. The molecule has 0 aromatic carbocycles. The van der Waals surface area contributed by atoms with E-state index in [0.717, 1.165) is 0 Å². The van der Waals surface area contributed by atoms with Gasteiger partial charge in [-0.1, -0.05) is 0 Å². The molecule has 0 aromatic heterocycles. The lowest BCUT2D eigenvalue weighted by molar-refractivity contribution is 0.213. The molecule has 1 unspecified atom stereocenters. The van der Waals surface area contributed by atoms with Crippen LogP contribution in [0.25, 0.3) is 0 Å². The van der Waals surface area contributed by atoms with Gasteiger partial charge >= 0.3 is 0 Å². The molecule has 0 radical (unpaired) electrons. The maximum absolute atomic E-state index is 11.1. The van der Waals surface area contributed by atoms with E-state index in [1.807, 2.05) is 0 Å². The summed E-state index contributed by atoms with van der Waals surface area (Å²) in [5.41, 5.74) is 0. The number of hydrogen-bond acceptors (Lipinski definition) is 6. The van der Waals surface area contributed by atoms with Crippen LogP contribution in [-0.2, 0) is 25.4 Å². The Bertz CT molecular complexity index is 328. The molecule has 0 saturated carbocycles. The zero-order valence-corrected chi connectivity index (χ0v) is 10.1. The van der Waals surface area contributed by atoms with E-state index >= 15 is 0 Å². The van der Waals surface area contributed by atoms with Gasteiger partial charge in [0.2, 0.25) is 0 Å². The van der Waals surface area contributed by atoms with E-state index in [4.69, 9.17) is 4.18 Å². The SMILES string of the molecule is CCS(=O)(=O)O[C@H]1CCN(CS(=O)[O-])C1. The highest BCUT2D eigenvalue weighted by Crippen LogP contribution is 2.15. The second-order valence-corrected chi connectivity index (χ2v) is 6.11. The summed E-state index contributed by atoms with van der Waals surface area (Å²) in [6.07, 6.45) is 0.148. The minimum atomic E-state index is -3.44. The summed E-state index contributed by atoms with van der Waals surface area (Å²) in [7, 11) is -3.44. The summed E-state index contributed by atoms with van der Waals surface area (Å²) in [6, 6.07) is 0. The van der Waals surface area contributed by atoms with Crippen molar-refractivity contribution in [3.05, 3.63) is 0 Å². The molecule has 1 fully saturated rings. The van der Waals surface area contributed by atoms with Crippen LogP contribution < -0.4 is 0 Å². The lowest BCUT2D eigenvalue weighted by atomic mass is 10.3. The van der Waals surface area contributed by atoms with E-state index in [1.165, 1.54) is 6.92 Å². The second kappa shape index (κ2) is 5.35. The Hall–Kier alpha value is -0.0200. The van der Waals surface area contributed by atoms with Crippen LogP contribution >= 0.6 is 0 Å². The molecule has 1 aliphatic rings. The topological polar surface area (TPSA) is 86.7 Å². The smallest absolute Gasteiger partial charge is 0.267 e. The van der Waals surface area contributed by atoms with E-state index < -0.39 is 27.3 Å². The average molecular weight is 256 g/mol. The summed E-state index contributed by atoms with van der Waals surface area (Å²) >= 11 is -2.12. The molecule has 1 saturated heterocycles. The Kier molecular flexibility index (Phi) is 4.65. The fourth-order valence-corrected chi connectivity index (χ4v) is 2.66. The van der Waals surface area contributed by atoms with Crippen molar-refractivity contribution in [2.75, 3.05) is 24.7 Å². The van der Waals surface area contributed by atoms with Crippen LogP contribution in [0.5, 0.6) is 0 Å². The van der Waals surface area contributed by atoms with Gasteiger partial charge in [0.25, 0.3) is 10.1 Å². The zero-order valence-electron chi connectivity index (χ0n) is 8.42. The highest BCUT2D eigenvalue weighted by Gasteiger charge is 2.26. The Labute approximate surface area is 92.0 Å². The highest BCUT2D eigenvalue weighted by molar-refractivity contribution is 7.86. The van der Waals surface area contributed by atoms with E-state index in [2.05, 4.69) is 0 Å². The summed E-state index contributed by atoms with van der Waals surface area (Å²) in [4.78, 5) is 1.65. The van der Waals surface area contributed by atoms with Crippen molar-refractivity contribution in [1.82, 2.24) is 4.90 Å². The molecule has 8 heteroatoms. The van der Waals surface area contributed by atoms with E-state index in [0.29, 0.717) is 19.5 Å². The standard InChI is InChI=1S/C7H15NO5S2/c1-2-15(11,12)13-7-3-4-8(5-7)6-14(9)10/h7H,2-6H2,1H3,(H,9,10)/p-1/t7-/m0/s1. The monoisotopic (exact) mass is 256 g/mol. The average Bonchev–Trinajstić information content (AvgIpc) is 2.50. The van der Waals surface area contributed by atoms with Crippen molar-refractivity contribution in [2.24, 2.45) is 0 Å². The van der Waals surface area contributed by atoms with E-state index in [1.54, 1.807) is 4.90 Å². The van der Waals surface area contributed by atoms with Crippen molar-refractivity contribution in [3.8, 4) is 0 Å². The van der Waals surface area contributed by atoms with Crippen LogP contribution in [0, 0.1) is 0 Å². The van der Waals surface area contributed by atoms with Crippen molar-refractivity contribution in [2.45, 2.75) is 19.4 Å². The van der Waals surface area contributed by atoms with Crippen LogP contribution in [0.2, 0.25) is 0 Å². The Morgan fingerprint density at radius 2 is 2.27 bits per heavy atom. The highest BCUT2D eigenvalue weighted by atomic mass is 32.2. The van der Waals surface area contributed by atoms with Crippen LogP contribution in [-0.4, -0.2) is 52.9 Å². The molecule has 0 spiro atoms. The van der Waals surface area contributed by atoms with Crippen molar-refractivity contribution in [1.29, 1.82) is 0 Å². The van der Waals surface area contributed by atoms with Crippen LogP contribution in [0.1, 0.15) is 13.3 Å². The summed E-state index contributed by atoms with van der Waals surface area (Å²) in [5.74, 6) is -0.122. The largest absolute Gasteiger partial charge is 0.771 e. The molecular formula is C7H14NO5S2-. The van der Waals surface area contributed by atoms with Crippen molar-refractivity contribution in [3.63, 3.8) is 0 Å². The molecule has 90 valence electrons. The molecule has 0 bridgehead atoms. The van der Waals surface area contributed by atoms with Gasteiger partial charge in [-0.25, -0.2) is 0 Å². The van der Waals surface area contributed by atoms with Crippen LogP contribution in [0.3, 0.4) is 0 Å². The third kappa shape index (κ3) is 4.56. The molecule has 1 aliphatic heterocycles. The van der Waals surface area contributed by atoms with Crippen molar-refractivity contribution < 1.29 is 21.4 Å². The molecule has 15 heavy (non-hydrogen) atoms. The molecule has 2 atom stereocenters. The van der Waals surface area contributed by atoms with Gasteiger partial charge in [-0.05, 0) is 24.4 Å². The number of likely N-dealkylation sites (tertiary alicyclic amines) is 1. The second-order valence-electron chi connectivity index (χ2n) is 3.36. The van der Waals surface area contributed by atoms with Gasteiger partial charge in [0.15, 0.2) is 0 Å². The first-order valence-corrected chi connectivity index (χ1v) is 7.44. The van der Waals surface area contributed by atoms with Crippen LogP contribution in [0.15, 0.2) is 0 Å². The third-order valence-corrected chi connectivity index (χ3v) is 4.00. The van der Waals surface area contributed by atoms with Gasteiger partial charge in [0.1, 0.15) is 0 Å². The molecule has 0 aromatic rings. The lowest BCUT2D eigenvalue weighted by Gasteiger charge is -2.17. The first kappa shape index (κ1) is 13.0. The predicted octanol–water partition coefficient (Wildman–Crippen LogP) is -0.736. The van der Waals surface area contributed by atoms with Gasteiger partial charge in [-0.3, -0.25) is 13.3 Å². The normalized spacial score (nSPS) is 25.6. The molecule has 0 amide bonds. The molecule has 1 heterocycles. The predicted molar refractivity (Wildman–Crippen MR) is 54.3 cm³/mol. The van der Waals surface area contributed by atoms with Crippen LogP contribution in [0.4, 0.5) is 0 Å². The fraction of sp³-hybridized carbons (Fsp3) is 1.00. The van der Waals surface area contributed by atoms with Crippen molar-refractivity contribution >= 4 is 21.2 Å². The van der Waals surface area contributed by atoms with Gasteiger partial charge in [-0.2, -0.15) is 8.42 Å². The Morgan fingerprint density at radius 1 is 1.60 bits per heavy atom. The van der Waals surface area contributed by atoms with E-state index in [9.17, 15) is 17.2 Å². The summed E-state index contributed by atoms with van der Waals surface area (Å²) < 4.78 is 47.9. The van der Waals surface area contributed by atoms with Gasteiger partial charge in [0, 0.05) is 13.1 Å². The first-order valence-electron chi connectivity index (χ1n) is 4.62. The number of hydrogen-bond donors (Lipinski definition) is 0. The van der Waals surface area contributed by atoms with Gasteiger partial charge < -0.3 is 4.55 Å². The zero-order chi connectivity index (χ0) is 11.5. The number of rotatable bonds is 5. The maximum atomic E-state index is 11.1. The molecule has 6 nitrogen and oxygen atoms in total. The van der Waals surface area contributed by atoms with E-state index in [-0.39, 0.29) is 11.6 Å². The maximum Gasteiger partial charge on any atom is 0.267 e. The lowest BCUT2D eigenvalue weighted by Crippen LogP contribution is -2.28. The summed E-state index contributed by atoms with van der Waals surface area (Å²) in [6.45, 7) is 2.42. The molecule has 0 N–H and O–H groups in total. The van der Waals surface area contributed by atoms with Gasteiger partial charge in [0.05, 0.1) is 17.7 Å². The third-order valence-electron chi connectivity index (χ3n) is 2.15. The minimum Gasteiger partial charge on any atom is -0.771 e.